The highest BCUT2D eigenvalue weighted by molar-refractivity contribution is 9.10. The van der Waals surface area contributed by atoms with Crippen molar-refractivity contribution in [1.29, 1.82) is 0 Å². The van der Waals surface area contributed by atoms with E-state index in [1.807, 2.05) is 12.1 Å². The third kappa shape index (κ3) is 5.28. The zero-order valence-electron chi connectivity index (χ0n) is 12.9. The summed E-state index contributed by atoms with van der Waals surface area (Å²) in [7, 11) is 1.63. The number of carbonyl (C=O) groups excluding carboxylic acids is 2. The molecule has 0 saturated carbocycles. The summed E-state index contributed by atoms with van der Waals surface area (Å²) in [5.74, 6) is 0.0163. The third-order valence-electron chi connectivity index (χ3n) is 3.14. The largest absolute Gasteiger partial charge is 0.490 e. The molecule has 1 aromatic carbocycles. The molecule has 1 N–H and O–H groups in total. The quantitative estimate of drug-likeness (QED) is 0.755. The van der Waals surface area contributed by atoms with Gasteiger partial charge in [-0.15, -0.1) is 0 Å². The van der Waals surface area contributed by atoms with E-state index in [4.69, 9.17) is 20.8 Å². The van der Waals surface area contributed by atoms with E-state index in [2.05, 4.69) is 21.2 Å². The topological polar surface area (TPSA) is 71.8 Å². The van der Waals surface area contributed by atoms with Crippen LogP contribution in [0.25, 0.3) is 0 Å². The Hall–Kier alpha value is -1.99. The maximum absolute atomic E-state index is 12.0. The predicted octanol–water partition coefficient (Wildman–Crippen LogP) is 2.96. The molecule has 2 rings (SSSR count). The van der Waals surface area contributed by atoms with Crippen LogP contribution in [0.1, 0.15) is 10.6 Å². The average molecular weight is 416 g/mol. The van der Waals surface area contributed by atoms with E-state index in [0.29, 0.717) is 28.6 Å². The molecule has 0 saturated heterocycles. The Morgan fingerprint density at radius 1 is 1.29 bits per heavy atom. The Labute approximate surface area is 152 Å². The molecule has 1 aromatic heterocycles. The standard InChI is InChI=1S/C16H16BrClN2O4/c1-20(8-9-23-12-5-3-2-4-11(12)18)15(21)10-19-16(22)13-6-7-14(17)24-13/h2-7H,8-10H2,1H3,(H,19,22). The van der Waals surface area contributed by atoms with Crippen LogP contribution in [0.5, 0.6) is 5.75 Å². The first-order valence-corrected chi connectivity index (χ1v) is 8.29. The summed E-state index contributed by atoms with van der Waals surface area (Å²) in [6.45, 7) is 0.539. The van der Waals surface area contributed by atoms with Crippen molar-refractivity contribution in [3.8, 4) is 5.75 Å². The highest BCUT2D eigenvalue weighted by Gasteiger charge is 2.14. The number of likely N-dealkylation sites (N-methyl/N-ethyl adjacent to an activating group) is 1. The molecule has 0 atom stereocenters. The molecular weight excluding hydrogens is 400 g/mol. The van der Waals surface area contributed by atoms with E-state index in [0.717, 1.165) is 0 Å². The number of hydrogen-bond donors (Lipinski definition) is 1. The summed E-state index contributed by atoms with van der Waals surface area (Å²) in [6, 6.07) is 10.2. The first kappa shape index (κ1) is 18.4. The first-order chi connectivity index (χ1) is 11.5. The molecule has 1 heterocycles. The number of rotatable bonds is 7. The molecule has 128 valence electrons. The molecule has 0 aliphatic heterocycles. The highest BCUT2D eigenvalue weighted by atomic mass is 79.9. The summed E-state index contributed by atoms with van der Waals surface area (Å²) in [5, 5.41) is 3.02. The van der Waals surface area contributed by atoms with Crippen molar-refractivity contribution in [2.45, 2.75) is 0 Å². The van der Waals surface area contributed by atoms with Gasteiger partial charge in [0.25, 0.3) is 5.91 Å². The van der Waals surface area contributed by atoms with E-state index in [9.17, 15) is 9.59 Å². The van der Waals surface area contributed by atoms with Gasteiger partial charge >= 0.3 is 0 Å². The van der Waals surface area contributed by atoms with Gasteiger partial charge in [0, 0.05) is 7.05 Å². The van der Waals surface area contributed by atoms with Crippen molar-refractivity contribution >= 4 is 39.3 Å². The Morgan fingerprint density at radius 2 is 2.04 bits per heavy atom. The van der Waals surface area contributed by atoms with Crippen LogP contribution >= 0.6 is 27.5 Å². The van der Waals surface area contributed by atoms with E-state index in [-0.39, 0.29) is 18.2 Å². The van der Waals surface area contributed by atoms with Gasteiger partial charge < -0.3 is 19.4 Å². The van der Waals surface area contributed by atoms with Crippen molar-refractivity contribution in [3.63, 3.8) is 0 Å². The molecule has 2 amide bonds. The monoisotopic (exact) mass is 414 g/mol. The highest BCUT2D eigenvalue weighted by Crippen LogP contribution is 2.22. The van der Waals surface area contributed by atoms with Gasteiger partial charge in [-0.05, 0) is 40.2 Å². The number of benzene rings is 1. The maximum atomic E-state index is 12.0. The van der Waals surface area contributed by atoms with Crippen LogP contribution in [0, 0.1) is 0 Å². The Balaban J connectivity index is 1.72. The fourth-order valence-corrected chi connectivity index (χ4v) is 2.29. The first-order valence-electron chi connectivity index (χ1n) is 7.12. The van der Waals surface area contributed by atoms with E-state index < -0.39 is 5.91 Å². The molecule has 0 bridgehead atoms. The molecule has 0 aliphatic rings. The molecular formula is C16H16BrClN2O4. The number of nitrogens with one attached hydrogen (secondary N) is 1. The van der Waals surface area contributed by atoms with Crippen molar-refractivity contribution < 1.29 is 18.7 Å². The van der Waals surface area contributed by atoms with Crippen LogP contribution in [0.4, 0.5) is 0 Å². The number of para-hydroxylation sites is 1. The molecule has 2 aromatic rings. The second-order valence-corrected chi connectivity index (χ2v) is 6.07. The Morgan fingerprint density at radius 3 is 2.71 bits per heavy atom. The van der Waals surface area contributed by atoms with Gasteiger partial charge in [0.2, 0.25) is 5.91 Å². The van der Waals surface area contributed by atoms with E-state index in [1.165, 1.54) is 11.0 Å². The zero-order valence-corrected chi connectivity index (χ0v) is 15.3. The fraction of sp³-hybridized carbons (Fsp3) is 0.250. The minimum Gasteiger partial charge on any atom is -0.490 e. The SMILES string of the molecule is CN(CCOc1ccccc1Cl)C(=O)CNC(=O)c1ccc(Br)o1. The van der Waals surface area contributed by atoms with Crippen LogP contribution in [-0.4, -0.2) is 43.5 Å². The lowest BCUT2D eigenvalue weighted by Crippen LogP contribution is -2.39. The van der Waals surface area contributed by atoms with Gasteiger partial charge in [-0.3, -0.25) is 9.59 Å². The van der Waals surface area contributed by atoms with Crippen molar-refractivity contribution in [3.05, 3.63) is 51.9 Å². The minimum atomic E-state index is -0.449. The second-order valence-electron chi connectivity index (χ2n) is 4.88. The van der Waals surface area contributed by atoms with Crippen LogP contribution in [-0.2, 0) is 4.79 Å². The molecule has 0 unspecified atom stereocenters. The molecule has 24 heavy (non-hydrogen) atoms. The van der Waals surface area contributed by atoms with Gasteiger partial charge in [-0.2, -0.15) is 0 Å². The van der Waals surface area contributed by atoms with Crippen LogP contribution in [0.2, 0.25) is 5.02 Å². The summed E-state index contributed by atoms with van der Waals surface area (Å²) in [6.07, 6.45) is 0. The number of ether oxygens (including phenoxy) is 1. The van der Waals surface area contributed by atoms with Gasteiger partial charge in [-0.25, -0.2) is 0 Å². The molecule has 8 heteroatoms. The third-order valence-corrected chi connectivity index (χ3v) is 3.88. The fourth-order valence-electron chi connectivity index (χ4n) is 1.79. The lowest BCUT2D eigenvalue weighted by molar-refractivity contribution is -0.129. The number of carbonyl (C=O) groups is 2. The normalized spacial score (nSPS) is 10.3. The van der Waals surface area contributed by atoms with Crippen molar-refractivity contribution in [2.75, 3.05) is 26.7 Å². The molecule has 0 spiro atoms. The van der Waals surface area contributed by atoms with Crippen LogP contribution in [0.15, 0.2) is 45.5 Å². The number of amides is 2. The van der Waals surface area contributed by atoms with Gasteiger partial charge in [0.15, 0.2) is 10.4 Å². The molecule has 6 nitrogen and oxygen atoms in total. The Bertz CT molecular complexity index is 720. The summed E-state index contributed by atoms with van der Waals surface area (Å²) in [5.41, 5.74) is 0. The zero-order chi connectivity index (χ0) is 17.5. The number of furan rings is 1. The van der Waals surface area contributed by atoms with Crippen molar-refractivity contribution in [2.24, 2.45) is 0 Å². The van der Waals surface area contributed by atoms with Gasteiger partial charge in [0.1, 0.15) is 12.4 Å². The van der Waals surface area contributed by atoms with E-state index >= 15 is 0 Å². The second kappa shape index (κ2) is 8.75. The lowest BCUT2D eigenvalue weighted by Gasteiger charge is -2.18. The summed E-state index contributed by atoms with van der Waals surface area (Å²) >= 11 is 9.09. The van der Waals surface area contributed by atoms with Crippen LogP contribution < -0.4 is 10.1 Å². The average Bonchev–Trinajstić information content (AvgIpc) is 3.00. The Kier molecular flexibility index (Phi) is 6.69. The number of nitrogens with zero attached hydrogens (tertiary/aromatic N) is 1. The molecule has 0 fully saturated rings. The maximum Gasteiger partial charge on any atom is 0.287 e. The van der Waals surface area contributed by atoms with Gasteiger partial charge in [0.05, 0.1) is 18.1 Å². The summed E-state index contributed by atoms with van der Waals surface area (Å²) in [4.78, 5) is 25.2. The predicted molar refractivity (Wildman–Crippen MR) is 93.3 cm³/mol. The van der Waals surface area contributed by atoms with Crippen molar-refractivity contribution in [1.82, 2.24) is 10.2 Å². The molecule has 0 aliphatic carbocycles. The van der Waals surface area contributed by atoms with Crippen LogP contribution in [0.3, 0.4) is 0 Å². The number of halogens is 2. The number of hydrogen-bond acceptors (Lipinski definition) is 4. The van der Waals surface area contributed by atoms with Gasteiger partial charge in [-0.1, -0.05) is 23.7 Å². The lowest BCUT2D eigenvalue weighted by atomic mass is 10.3. The smallest absolute Gasteiger partial charge is 0.287 e. The molecule has 0 radical (unpaired) electrons. The summed E-state index contributed by atoms with van der Waals surface area (Å²) < 4.78 is 11.1. The van der Waals surface area contributed by atoms with E-state index in [1.54, 1.807) is 25.2 Å². The minimum absolute atomic E-state index is 0.125.